The Bertz CT molecular complexity index is 899. The molecule has 0 fully saturated rings. The molecule has 4 rings (SSSR count). The van der Waals surface area contributed by atoms with Crippen LogP contribution in [-0.4, -0.2) is 27.2 Å². The molecule has 2 heterocycles. The Morgan fingerprint density at radius 3 is 2.57 bits per heavy atom. The molecule has 0 atom stereocenters. The SMILES string of the molecule is O=C(O)N1CCc2c(c3ccccc3n2-c2ccc(F)cc2)C1. The normalized spacial score (nSPS) is 14.0. The van der Waals surface area contributed by atoms with Gasteiger partial charge in [0.2, 0.25) is 0 Å². The number of carboxylic acid groups (broad SMARTS) is 1. The Morgan fingerprint density at radius 1 is 1.09 bits per heavy atom. The van der Waals surface area contributed by atoms with E-state index in [0.717, 1.165) is 27.8 Å². The third kappa shape index (κ3) is 2.16. The second-order valence-corrected chi connectivity index (χ2v) is 5.71. The molecule has 0 bridgehead atoms. The van der Waals surface area contributed by atoms with Crippen molar-refractivity contribution in [2.45, 2.75) is 13.0 Å². The standard InChI is InChI=1S/C18H15FN2O2/c19-12-5-7-13(8-6-12)21-16-4-2-1-3-14(16)15-11-20(18(22)23)10-9-17(15)21/h1-8H,9-11H2,(H,22,23). The highest BCUT2D eigenvalue weighted by atomic mass is 19.1. The third-order valence-corrected chi connectivity index (χ3v) is 4.41. The zero-order valence-corrected chi connectivity index (χ0v) is 12.4. The molecular formula is C18H15FN2O2. The first-order chi connectivity index (χ1) is 11.1. The van der Waals surface area contributed by atoms with Crippen molar-refractivity contribution < 1.29 is 14.3 Å². The van der Waals surface area contributed by atoms with Crippen LogP contribution >= 0.6 is 0 Å². The van der Waals surface area contributed by atoms with Crippen LogP contribution in [-0.2, 0) is 13.0 Å². The van der Waals surface area contributed by atoms with E-state index in [4.69, 9.17) is 0 Å². The Labute approximate surface area is 132 Å². The molecule has 1 amide bonds. The van der Waals surface area contributed by atoms with Gasteiger partial charge in [-0.3, -0.25) is 0 Å². The van der Waals surface area contributed by atoms with Crippen molar-refractivity contribution in [3.05, 3.63) is 65.6 Å². The highest BCUT2D eigenvalue weighted by Crippen LogP contribution is 2.33. The van der Waals surface area contributed by atoms with E-state index < -0.39 is 6.09 Å². The summed E-state index contributed by atoms with van der Waals surface area (Å²) in [5, 5.41) is 10.3. The van der Waals surface area contributed by atoms with Crippen molar-refractivity contribution >= 4 is 17.0 Å². The van der Waals surface area contributed by atoms with Crippen molar-refractivity contribution in [2.75, 3.05) is 6.54 Å². The number of carbonyl (C=O) groups is 1. The molecule has 1 aliphatic rings. The summed E-state index contributed by atoms with van der Waals surface area (Å²) in [5.74, 6) is -0.267. The average molecular weight is 310 g/mol. The van der Waals surface area contributed by atoms with E-state index in [1.54, 1.807) is 12.1 Å². The van der Waals surface area contributed by atoms with Gasteiger partial charge in [-0.2, -0.15) is 0 Å². The Balaban J connectivity index is 1.95. The summed E-state index contributed by atoms with van der Waals surface area (Å²) in [7, 11) is 0. The van der Waals surface area contributed by atoms with Crippen LogP contribution in [0.25, 0.3) is 16.6 Å². The second kappa shape index (κ2) is 5.12. The molecule has 0 radical (unpaired) electrons. The molecule has 23 heavy (non-hydrogen) atoms. The van der Waals surface area contributed by atoms with Crippen LogP contribution in [0.2, 0.25) is 0 Å². The van der Waals surface area contributed by atoms with Crippen LogP contribution in [0.5, 0.6) is 0 Å². The predicted octanol–water partition coefficient (Wildman–Crippen LogP) is 3.81. The molecule has 0 saturated heterocycles. The second-order valence-electron chi connectivity index (χ2n) is 5.71. The van der Waals surface area contributed by atoms with Gasteiger partial charge in [-0.05, 0) is 30.3 Å². The molecule has 5 heteroatoms. The van der Waals surface area contributed by atoms with E-state index in [-0.39, 0.29) is 5.82 Å². The van der Waals surface area contributed by atoms with Crippen molar-refractivity contribution in [2.24, 2.45) is 0 Å². The smallest absolute Gasteiger partial charge is 0.407 e. The number of nitrogens with zero attached hydrogens (tertiary/aromatic N) is 2. The van der Waals surface area contributed by atoms with Crippen molar-refractivity contribution in [3.63, 3.8) is 0 Å². The van der Waals surface area contributed by atoms with E-state index >= 15 is 0 Å². The Hall–Kier alpha value is -2.82. The van der Waals surface area contributed by atoms with Crippen LogP contribution < -0.4 is 0 Å². The first kappa shape index (κ1) is 13.8. The molecular weight excluding hydrogens is 295 g/mol. The minimum atomic E-state index is -0.894. The molecule has 0 aliphatic carbocycles. The number of amides is 1. The minimum Gasteiger partial charge on any atom is -0.465 e. The van der Waals surface area contributed by atoms with Crippen LogP contribution in [0, 0.1) is 5.82 Å². The molecule has 3 aromatic rings. The van der Waals surface area contributed by atoms with Gasteiger partial charge in [-0.25, -0.2) is 9.18 Å². The van der Waals surface area contributed by atoms with Crippen molar-refractivity contribution in [3.8, 4) is 5.69 Å². The summed E-state index contributed by atoms with van der Waals surface area (Å²) in [6.07, 6.45) is -0.248. The lowest BCUT2D eigenvalue weighted by Crippen LogP contribution is -2.35. The summed E-state index contributed by atoms with van der Waals surface area (Å²) in [6, 6.07) is 14.4. The molecule has 2 aromatic carbocycles. The summed E-state index contributed by atoms with van der Waals surface area (Å²) in [6.45, 7) is 0.860. The van der Waals surface area contributed by atoms with Gasteiger partial charge in [0.25, 0.3) is 0 Å². The summed E-state index contributed by atoms with van der Waals surface area (Å²) < 4.78 is 15.4. The zero-order chi connectivity index (χ0) is 16.0. The topological polar surface area (TPSA) is 45.5 Å². The maximum absolute atomic E-state index is 13.2. The van der Waals surface area contributed by atoms with Gasteiger partial charge in [0, 0.05) is 35.3 Å². The number of fused-ring (bicyclic) bond motifs is 3. The molecule has 4 nitrogen and oxygen atoms in total. The van der Waals surface area contributed by atoms with Crippen LogP contribution in [0.1, 0.15) is 11.3 Å². The maximum atomic E-state index is 13.2. The monoisotopic (exact) mass is 310 g/mol. The van der Waals surface area contributed by atoms with Crippen molar-refractivity contribution in [1.82, 2.24) is 9.47 Å². The Morgan fingerprint density at radius 2 is 1.83 bits per heavy atom. The first-order valence-electron chi connectivity index (χ1n) is 7.50. The lowest BCUT2D eigenvalue weighted by Gasteiger charge is -2.25. The number of hydrogen-bond donors (Lipinski definition) is 1. The fraction of sp³-hybridized carbons (Fsp3) is 0.167. The predicted molar refractivity (Wildman–Crippen MR) is 85.4 cm³/mol. The summed E-state index contributed by atoms with van der Waals surface area (Å²) >= 11 is 0. The van der Waals surface area contributed by atoms with E-state index in [1.165, 1.54) is 17.0 Å². The highest BCUT2D eigenvalue weighted by Gasteiger charge is 2.26. The molecule has 116 valence electrons. The number of rotatable bonds is 1. The van der Waals surface area contributed by atoms with Gasteiger partial charge in [0.15, 0.2) is 0 Å². The Kier molecular flexibility index (Phi) is 3.08. The number of aromatic nitrogens is 1. The molecule has 0 spiro atoms. The lowest BCUT2D eigenvalue weighted by molar-refractivity contribution is 0.140. The van der Waals surface area contributed by atoms with Crippen LogP contribution in [0.15, 0.2) is 48.5 Å². The number of para-hydroxylation sites is 1. The zero-order valence-electron chi connectivity index (χ0n) is 12.4. The molecule has 1 aliphatic heterocycles. The van der Waals surface area contributed by atoms with E-state index in [2.05, 4.69) is 4.57 Å². The fourth-order valence-electron chi connectivity index (χ4n) is 3.36. The number of halogens is 1. The van der Waals surface area contributed by atoms with Gasteiger partial charge in [0.1, 0.15) is 5.82 Å². The van der Waals surface area contributed by atoms with Crippen molar-refractivity contribution in [1.29, 1.82) is 0 Å². The van der Waals surface area contributed by atoms with Gasteiger partial charge < -0.3 is 14.6 Å². The molecule has 0 saturated carbocycles. The highest BCUT2D eigenvalue weighted by molar-refractivity contribution is 5.88. The summed E-state index contributed by atoms with van der Waals surface area (Å²) in [4.78, 5) is 12.7. The van der Waals surface area contributed by atoms with Crippen LogP contribution in [0.4, 0.5) is 9.18 Å². The third-order valence-electron chi connectivity index (χ3n) is 4.41. The van der Waals surface area contributed by atoms with Gasteiger partial charge in [-0.1, -0.05) is 18.2 Å². The lowest BCUT2D eigenvalue weighted by atomic mass is 10.0. The largest absolute Gasteiger partial charge is 0.465 e. The van der Waals surface area contributed by atoms with Crippen LogP contribution in [0.3, 0.4) is 0 Å². The average Bonchev–Trinajstić information content (AvgIpc) is 2.89. The summed E-state index contributed by atoms with van der Waals surface area (Å²) in [5.41, 5.74) is 4.07. The van der Waals surface area contributed by atoms with Gasteiger partial charge in [0.05, 0.1) is 12.1 Å². The minimum absolute atomic E-state index is 0.267. The number of benzene rings is 2. The fourth-order valence-corrected chi connectivity index (χ4v) is 3.36. The van der Waals surface area contributed by atoms with E-state index in [0.29, 0.717) is 19.5 Å². The van der Waals surface area contributed by atoms with E-state index in [1.807, 2.05) is 24.3 Å². The first-order valence-corrected chi connectivity index (χ1v) is 7.50. The maximum Gasteiger partial charge on any atom is 0.407 e. The van der Waals surface area contributed by atoms with Gasteiger partial charge >= 0.3 is 6.09 Å². The van der Waals surface area contributed by atoms with Gasteiger partial charge in [-0.15, -0.1) is 0 Å². The molecule has 1 N–H and O–H groups in total. The van der Waals surface area contributed by atoms with E-state index in [9.17, 15) is 14.3 Å². The number of hydrogen-bond acceptors (Lipinski definition) is 1. The molecule has 0 unspecified atom stereocenters. The molecule has 1 aromatic heterocycles. The quantitative estimate of drug-likeness (QED) is 0.743.